The minimum atomic E-state index is -0.699. The van der Waals surface area contributed by atoms with Crippen molar-refractivity contribution in [3.8, 4) is 5.75 Å². The number of carbonyl (C=O) groups excluding carboxylic acids is 2. The molecule has 0 saturated carbocycles. The number of Topliss-reactive ketones (excluding diaryl/α,β-unsaturated/α-hetero) is 1. The normalized spacial score (nSPS) is 18.5. The smallest absolute Gasteiger partial charge is 0.274 e. The van der Waals surface area contributed by atoms with E-state index >= 15 is 0 Å². The van der Waals surface area contributed by atoms with Crippen molar-refractivity contribution in [3.63, 3.8) is 0 Å². The Morgan fingerprint density at radius 1 is 1.23 bits per heavy atom. The molecule has 1 aliphatic rings. The number of ketones is 1. The van der Waals surface area contributed by atoms with Crippen molar-refractivity contribution in [1.29, 1.82) is 0 Å². The molecule has 1 amide bonds. The lowest BCUT2D eigenvalue weighted by Crippen LogP contribution is -2.34. The van der Waals surface area contributed by atoms with Crippen molar-refractivity contribution in [1.82, 2.24) is 15.3 Å². The number of hydrogen-bond acceptors (Lipinski definition) is 8. The lowest BCUT2D eigenvalue weighted by atomic mass is 10.0. The zero-order chi connectivity index (χ0) is 22.4. The van der Waals surface area contributed by atoms with Gasteiger partial charge in [0.25, 0.3) is 5.91 Å². The van der Waals surface area contributed by atoms with E-state index in [2.05, 4.69) is 15.3 Å². The molecular weight excluding hydrogens is 409 g/mol. The predicted octanol–water partition coefficient (Wildman–Crippen LogP) is 1.27. The highest BCUT2D eigenvalue weighted by Gasteiger charge is 2.26. The Morgan fingerprint density at radius 2 is 1.90 bits per heavy atom. The number of rotatable bonds is 8. The van der Waals surface area contributed by atoms with Gasteiger partial charge in [-0.2, -0.15) is 0 Å². The number of ether oxygens (including phenoxy) is 3. The summed E-state index contributed by atoms with van der Waals surface area (Å²) in [7, 11) is 1.38. The summed E-state index contributed by atoms with van der Waals surface area (Å²) >= 11 is 0. The average Bonchev–Trinajstić information content (AvgIpc) is 2.76. The molecular formula is C21H24FN3O6. The molecule has 2 heterocycles. The molecule has 0 radical (unpaired) electrons. The predicted molar refractivity (Wildman–Crippen MR) is 106 cm³/mol. The van der Waals surface area contributed by atoms with Crippen molar-refractivity contribution in [2.45, 2.75) is 25.6 Å². The second-order valence-corrected chi connectivity index (χ2v) is 7.13. The highest BCUT2D eigenvalue weighted by Crippen LogP contribution is 2.25. The fourth-order valence-corrected chi connectivity index (χ4v) is 3.09. The van der Waals surface area contributed by atoms with Gasteiger partial charge in [0, 0.05) is 13.0 Å². The van der Waals surface area contributed by atoms with Crippen LogP contribution in [0, 0.1) is 12.7 Å². The van der Waals surface area contributed by atoms with Gasteiger partial charge in [-0.25, -0.2) is 14.4 Å². The van der Waals surface area contributed by atoms with Gasteiger partial charge in [0.05, 0.1) is 31.9 Å². The van der Waals surface area contributed by atoms with Crippen molar-refractivity contribution in [2.24, 2.45) is 0 Å². The SMILES string of the molecule is COCC(=O)CNC(=O)c1nc(C[C@H]2OC[C@H](c3ccc(F)cc3)CO2)nc(C)c1O. The Kier molecular flexibility index (Phi) is 7.61. The number of hydrogen-bond donors (Lipinski definition) is 2. The summed E-state index contributed by atoms with van der Waals surface area (Å²) < 4.78 is 29.3. The van der Waals surface area contributed by atoms with E-state index in [1.807, 2.05) is 0 Å². The molecule has 2 N–H and O–H groups in total. The molecule has 1 aliphatic heterocycles. The van der Waals surface area contributed by atoms with E-state index in [0.29, 0.717) is 13.2 Å². The largest absolute Gasteiger partial charge is 0.504 e. The molecule has 0 bridgehead atoms. The number of aromatic nitrogens is 2. The average molecular weight is 433 g/mol. The van der Waals surface area contributed by atoms with Crippen molar-refractivity contribution in [2.75, 3.05) is 33.5 Å². The first-order valence-electron chi connectivity index (χ1n) is 9.71. The standard InChI is InChI=1S/C21H24FN3O6/c1-12-20(27)19(21(28)23-8-16(26)11-29-2)25-17(24-12)7-18-30-9-14(10-31-18)13-3-5-15(22)6-4-13/h3-6,14,18,27H,7-11H2,1-2H3,(H,23,28)/t14-,18-. The van der Waals surface area contributed by atoms with E-state index in [0.717, 1.165) is 5.56 Å². The van der Waals surface area contributed by atoms with E-state index in [9.17, 15) is 19.1 Å². The van der Waals surface area contributed by atoms with Gasteiger partial charge in [0.2, 0.25) is 0 Å². The van der Waals surface area contributed by atoms with Crippen LogP contribution in [0.2, 0.25) is 0 Å². The van der Waals surface area contributed by atoms with Crippen LogP contribution in [0.4, 0.5) is 4.39 Å². The minimum absolute atomic E-state index is 0.0229. The molecule has 1 saturated heterocycles. The van der Waals surface area contributed by atoms with Crippen LogP contribution < -0.4 is 5.32 Å². The third-order valence-electron chi connectivity index (χ3n) is 4.73. The Bertz CT molecular complexity index is 929. The first-order valence-corrected chi connectivity index (χ1v) is 9.71. The second kappa shape index (κ2) is 10.4. The number of methoxy groups -OCH3 is 1. The zero-order valence-corrected chi connectivity index (χ0v) is 17.3. The van der Waals surface area contributed by atoms with Gasteiger partial charge in [-0.15, -0.1) is 0 Å². The summed E-state index contributed by atoms with van der Waals surface area (Å²) in [6, 6.07) is 6.18. The summed E-state index contributed by atoms with van der Waals surface area (Å²) in [6.07, 6.45) is -0.458. The number of aryl methyl sites for hydroxylation is 1. The lowest BCUT2D eigenvalue weighted by Gasteiger charge is -2.29. The minimum Gasteiger partial charge on any atom is -0.504 e. The fraction of sp³-hybridized carbons (Fsp3) is 0.429. The first kappa shape index (κ1) is 22.7. The van der Waals surface area contributed by atoms with Crippen LogP contribution in [0.5, 0.6) is 5.75 Å². The molecule has 3 rings (SSSR count). The summed E-state index contributed by atoms with van der Waals surface area (Å²) in [6.45, 7) is 1.92. The van der Waals surface area contributed by atoms with Crippen LogP contribution in [0.15, 0.2) is 24.3 Å². The highest BCUT2D eigenvalue weighted by molar-refractivity contribution is 5.97. The number of amides is 1. The first-order chi connectivity index (χ1) is 14.9. The Balaban J connectivity index is 1.61. The summed E-state index contributed by atoms with van der Waals surface area (Å²) in [5.41, 5.74) is 0.907. The quantitative estimate of drug-likeness (QED) is 0.639. The molecule has 0 spiro atoms. The number of nitrogens with one attached hydrogen (secondary N) is 1. The molecule has 2 aromatic rings. The highest BCUT2D eigenvalue weighted by atomic mass is 19.1. The molecule has 1 aromatic carbocycles. The summed E-state index contributed by atoms with van der Waals surface area (Å²) in [4.78, 5) is 32.2. The Morgan fingerprint density at radius 3 is 2.55 bits per heavy atom. The maximum Gasteiger partial charge on any atom is 0.274 e. The number of carbonyl (C=O) groups is 2. The molecule has 1 aromatic heterocycles. The maximum absolute atomic E-state index is 13.1. The van der Waals surface area contributed by atoms with Crippen LogP contribution in [0.25, 0.3) is 0 Å². The summed E-state index contributed by atoms with van der Waals surface area (Å²) in [5.74, 6) is -1.44. The molecule has 166 valence electrons. The van der Waals surface area contributed by atoms with Crippen LogP contribution in [0.3, 0.4) is 0 Å². The van der Waals surface area contributed by atoms with E-state index in [1.165, 1.54) is 19.2 Å². The molecule has 10 heteroatoms. The maximum atomic E-state index is 13.1. The molecule has 0 atom stereocenters. The van der Waals surface area contributed by atoms with Crippen LogP contribution in [-0.2, 0) is 25.4 Å². The lowest BCUT2D eigenvalue weighted by molar-refractivity contribution is -0.186. The van der Waals surface area contributed by atoms with Gasteiger partial charge in [-0.05, 0) is 24.6 Å². The van der Waals surface area contributed by atoms with E-state index in [1.54, 1.807) is 19.1 Å². The van der Waals surface area contributed by atoms with E-state index < -0.39 is 12.2 Å². The van der Waals surface area contributed by atoms with Gasteiger partial charge in [0.15, 0.2) is 23.5 Å². The third kappa shape index (κ3) is 6.03. The van der Waals surface area contributed by atoms with Crippen LogP contribution >= 0.6 is 0 Å². The zero-order valence-electron chi connectivity index (χ0n) is 17.3. The number of nitrogens with zero attached hydrogens (tertiary/aromatic N) is 2. The third-order valence-corrected chi connectivity index (χ3v) is 4.73. The van der Waals surface area contributed by atoms with Gasteiger partial charge < -0.3 is 24.6 Å². The summed E-state index contributed by atoms with van der Waals surface area (Å²) in [5, 5.41) is 12.6. The monoisotopic (exact) mass is 433 g/mol. The van der Waals surface area contributed by atoms with Crippen molar-refractivity contribution in [3.05, 3.63) is 52.9 Å². The topological polar surface area (TPSA) is 120 Å². The molecule has 0 aliphatic carbocycles. The number of halogens is 1. The van der Waals surface area contributed by atoms with Crippen molar-refractivity contribution >= 4 is 11.7 Å². The molecule has 9 nitrogen and oxygen atoms in total. The van der Waals surface area contributed by atoms with Gasteiger partial charge in [-0.1, -0.05) is 12.1 Å². The molecule has 1 fully saturated rings. The Hall–Kier alpha value is -2.95. The Labute approximate surface area is 178 Å². The van der Waals surface area contributed by atoms with Gasteiger partial charge in [0.1, 0.15) is 18.2 Å². The number of benzene rings is 1. The molecule has 0 unspecified atom stereocenters. The van der Waals surface area contributed by atoms with Crippen LogP contribution in [-0.4, -0.2) is 66.5 Å². The van der Waals surface area contributed by atoms with Gasteiger partial charge in [-0.3, -0.25) is 9.59 Å². The second-order valence-electron chi connectivity index (χ2n) is 7.13. The molecule has 31 heavy (non-hydrogen) atoms. The van der Waals surface area contributed by atoms with Gasteiger partial charge >= 0.3 is 0 Å². The van der Waals surface area contributed by atoms with E-state index in [-0.39, 0.29) is 60.1 Å². The number of aromatic hydroxyl groups is 1. The van der Waals surface area contributed by atoms with Crippen molar-refractivity contribution < 1.29 is 33.3 Å². The van der Waals surface area contributed by atoms with E-state index in [4.69, 9.17) is 14.2 Å². The van der Waals surface area contributed by atoms with Crippen LogP contribution in [0.1, 0.15) is 33.5 Å². The fourth-order valence-electron chi connectivity index (χ4n) is 3.09.